The summed E-state index contributed by atoms with van der Waals surface area (Å²) in [6, 6.07) is 69.6. The van der Waals surface area contributed by atoms with E-state index in [1.54, 1.807) is 0 Å². The number of anilines is 3. The van der Waals surface area contributed by atoms with E-state index in [4.69, 9.17) is 0 Å². The molecule has 0 aromatic heterocycles. The molecule has 1 heteroatoms. The highest BCUT2D eigenvalue weighted by atomic mass is 15.1. The van der Waals surface area contributed by atoms with E-state index in [0.717, 1.165) is 23.5 Å². The lowest BCUT2D eigenvalue weighted by Gasteiger charge is -2.35. The molecule has 0 radical (unpaired) electrons. The predicted molar refractivity (Wildman–Crippen MR) is 284 cm³/mol. The Labute approximate surface area is 396 Å². The third-order valence-corrected chi connectivity index (χ3v) is 14.1. The summed E-state index contributed by atoms with van der Waals surface area (Å²) in [4.78, 5) is 2.41. The largest absolute Gasteiger partial charge is 0.311 e. The van der Waals surface area contributed by atoms with Crippen molar-refractivity contribution in [1.82, 2.24) is 0 Å². The molecule has 66 heavy (non-hydrogen) atoms. The van der Waals surface area contributed by atoms with Gasteiger partial charge in [0.2, 0.25) is 0 Å². The van der Waals surface area contributed by atoms with Crippen LogP contribution < -0.4 is 4.90 Å². The average Bonchev–Trinajstić information content (AvgIpc) is 3.60. The number of hydrogen-bond acceptors (Lipinski definition) is 1. The van der Waals surface area contributed by atoms with Gasteiger partial charge in [-0.1, -0.05) is 224 Å². The van der Waals surface area contributed by atoms with Crippen LogP contribution in [-0.2, 0) is 22.7 Å². The Bertz CT molecular complexity index is 2760. The van der Waals surface area contributed by atoms with E-state index in [2.05, 4.69) is 249 Å². The Morgan fingerprint density at radius 1 is 0.394 bits per heavy atom. The Morgan fingerprint density at radius 3 is 1.14 bits per heavy atom. The average molecular weight is 862 g/mol. The van der Waals surface area contributed by atoms with Crippen LogP contribution in [0.1, 0.15) is 124 Å². The molecule has 8 aromatic rings. The first kappa shape index (κ1) is 44.7. The van der Waals surface area contributed by atoms with E-state index >= 15 is 0 Å². The molecule has 0 heterocycles. The first-order chi connectivity index (χ1) is 31.7. The monoisotopic (exact) mass is 862 g/mol. The standard InChI is InChI=1S/C65H67N/c1-10-11-12-13-14-47-17-27-54(28-18-47)65(61-43-45(2)15-41-59(61)60-42-16-46(3)44-62(60)65)55-33-39-58(40-34-55)66(56-35-23-50(24-36-56)48-19-29-52(30-20-48)63(4,5)6)57-37-25-51(26-38-57)49-21-31-53(32-22-49)64(7,8)9/h15-44H,10-14H2,1-9H3. The summed E-state index contributed by atoms with van der Waals surface area (Å²) in [5.74, 6) is 0. The van der Waals surface area contributed by atoms with Gasteiger partial charge in [-0.15, -0.1) is 0 Å². The first-order valence-electron chi connectivity index (χ1n) is 24.4. The van der Waals surface area contributed by atoms with Gasteiger partial charge in [0.1, 0.15) is 0 Å². The Balaban J connectivity index is 1.15. The highest BCUT2D eigenvalue weighted by Gasteiger charge is 2.46. The van der Waals surface area contributed by atoms with Gasteiger partial charge in [-0.2, -0.15) is 0 Å². The second-order valence-electron chi connectivity index (χ2n) is 21.0. The summed E-state index contributed by atoms with van der Waals surface area (Å²) in [6.07, 6.45) is 6.21. The Morgan fingerprint density at radius 2 is 0.758 bits per heavy atom. The number of fused-ring (bicyclic) bond motifs is 3. The number of hydrogen-bond donors (Lipinski definition) is 0. The maximum absolute atomic E-state index is 2.44. The van der Waals surface area contributed by atoms with Crippen molar-refractivity contribution in [2.45, 2.75) is 111 Å². The van der Waals surface area contributed by atoms with E-state index in [0.29, 0.717) is 0 Å². The molecule has 0 unspecified atom stereocenters. The van der Waals surface area contributed by atoms with Gasteiger partial charge in [-0.05, 0) is 146 Å². The number of benzene rings is 8. The third-order valence-electron chi connectivity index (χ3n) is 14.1. The molecule has 0 bridgehead atoms. The molecule has 0 aliphatic heterocycles. The molecule has 0 spiro atoms. The SMILES string of the molecule is CCCCCCc1ccc(C2(c3ccc(N(c4ccc(-c5ccc(C(C)(C)C)cc5)cc4)c4ccc(-c5ccc(C(C)(C)C)cc5)cc4)cc3)c3cc(C)ccc3-c3ccc(C)cc32)cc1. The van der Waals surface area contributed by atoms with Crippen LogP contribution in [0.2, 0.25) is 0 Å². The fourth-order valence-corrected chi connectivity index (χ4v) is 10.3. The molecule has 0 atom stereocenters. The zero-order valence-corrected chi connectivity index (χ0v) is 40.8. The predicted octanol–water partition coefficient (Wildman–Crippen LogP) is 18.2. The maximum Gasteiger partial charge on any atom is 0.0713 e. The zero-order valence-electron chi connectivity index (χ0n) is 40.8. The number of aryl methyl sites for hydroxylation is 3. The van der Waals surface area contributed by atoms with Gasteiger partial charge in [-0.25, -0.2) is 0 Å². The normalized spacial score (nSPS) is 13.0. The second-order valence-corrected chi connectivity index (χ2v) is 21.0. The van der Waals surface area contributed by atoms with Gasteiger partial charge in [0, 0.05) is 17.1 Å². The lowest BCUT2D eigenvalue weighted by molar-refractivity contribution is 0.590. The van der Waals surface area contributed by atoms with Gasteiger partial charge in [0.25, 0.3) is 0 Å². The highest BCUT2D eigenvalue weighted by molar-refractivity contribution is 5.87. The molecule has 8 aromatic carbocycles. The number of rotatable bonds is 12. The van der Waals surface area contributed by atoms with Crippen molar-refractivity contribution in [3.63, 3.8) is 0 Å². The van der Waals surface area contributed by atoms with Gasteiger partial charge in [0.05, 0.1) is 5.41 Å². The molecule has 0 N–H and O–H groups in total. The molecule has 1 aliphatic rings. The third kappa shape index (κ3) is 8.69. The number of nitrogens with zero attached hydrogens (tertiary/aromatic N) is 1. The van der Waals surface area contributed by atoms with Crippen LogP contribution in [0, 0.1) is 13.8 Å². The van der Waals surface area contributed by atoms with Gasteiger partial charge < -0.3 is 4.90 Å². The molecule has 0 saturated heterocycles. The van der Waals surface area contributed by atoms with Crippen LogP contribution in [0.5, 0.6) is 0 Å². The fraction of sp³-hybridized carbons (Fsp3) is 0.262. The Kier molecular flexibility index (Phi) is 12.3. The van der Waals surface area contributed by atoms with Crippen molar-refractivity contribution >= 4 is 17.1 Å². The van der Waals surface area contributed by atoms with Gasteiger partial charge in [0.15, 0.2) is 0 Å². The maximum atomic E-state index is 2.44. The fourth-order valence-electron chi connectivity index (χ4n) is 10.3. The minimum atomic E-state index is -0.471. The van der Waals surface area contributed by atoms with E-state index < -0.39 is 5.41 Å². The van der Waals surface area contributed by atoms with Crippen molar-refractivity contribution in [2.24, 2.45) is 0 Å². The zero-order chi connectivity index (χ0) is 46.2. The van der Waals surface area contributed by atoms with Crippen LogP contribution in [-0.4, -0.2) is 0 Å². The minimum absolute atomic E-state index is 0.115. The van der Waals surface area contributed by atoms with E-state index in [9.17, 15) is 0 Å². The quantitative estimate of drug-likeness (QED) is 0.111. The van der Waals surface area contributed by atoms with Crippen molar-refractivity contribution in [3.8, 4) is 33.4 Å². The van der Waals surface area contributed by atoms with Crippen molar-refractivity contribution in [2.75, 3.05) is 4.90 Å². The summed E-state index contributed by atoms with van der Waals surface area (Å²) in [6.45, 7) is 20.4. The summed E-state index contributed by atoms with van der Waals surface area (Å²) in [5, 5.41) is 0. The second kappa shape index (κ2) is 18.1. The molecule has 0 saturated carbocycles. The number of unbranched alkanes of at least 4 members (excludes halogenated alkanes) is 3. The molecular weight excluding hydrogens is 795 g/mol. The first-order valence-corrected chi connectivity index (χ1v) is 24.4. The van der Waals surface area contributed by atoms with Crippen LogP contribution in [0.15, 0.2) is 182 Å². The van der Waals surface area contributed by atoms with Crippen molar-refractivity contribution < 1.29 is 0 Å². The lowest BCUT2D eigenvalue weighted by atomic mass is 9.67. The van der Waals surface area contributed by atoms with Crippen molar-refractivity contribution in [3.05, 3.63) is 232 Å². The van der Waals surface area contributed by atoms with Crippen LogP contribution in [0.25, 0.3) is 33.4 Å². The van der Waals surface area contributed by atoms with Gasteiger partial charge >= 0.3 is 0 Å². The van der Waals surface area contributed by atoms with E-state index in [1.807, 2.05) is 0 Å². The van der Waals surface area contributed by atoms with Gasteiger partial charge in [-0.3, -0.25) is 0 Å². The molecule has 0 fully saturated rings. The summed E-state index contributed by atoms with van der Waals surface area (Å²) < 4.78 is 0. The lowest BCUT2D eigenvalue weighted by Crippen LogP contribution is -2.29. The summed E-state index contributed by atoms with van der Waals surface area (Å²) in [7, 11) is 0. The highest BCUT2D eigenvalue weighted by Crippen LogP contribution is 2.57. The van der Waals surface area contributed by atoms with Crippen LogP contribution >= 0.6 is 0 Å². The Hall–Kier alpha value is -6.44. The van der Waals surface area contributed by atoms with E-state index in [-0.39, 0.29) is 10.8 Å². The summed E-state index contributed by atoms with van der Waals surface area (Å²) in [5.41, 5.74) is 22.6. The van der Waals surface area contributed by atoms with Crippen molar-refractivity contribution in [1.29, 1.82) is 0 Å². The molecule has 332 valence electrons. The smallest absolute Gasteiger partial charge is 0.0713 e. The molecule has 0 amide bonds. The topological polar surface area (TPSA) is 3.24 Å². The van der Waals surface area contributed by atoms with Crippen LogP contribution in [0.4, 0.5) is 17.1 Å². The molecule has 9 rings (SSSR count). The van der Waals surface area contributed by atoms with E-state index in [1.165, 1.54) is 109 Å². The molecule has 1 aliphatic carbocycles. The molecule has 1 nitrogen and oxygen atoms in total. The van der Waals surface area contributed by atoms with Crippen LogP contribution in [0.3, 0.4) is 0 Å². The minimum Gasteiger partial charge on any atom is -0.311 e. The molecular formula is C65H67N. The summed E-state index contributed by atoms with van der Waals surface area (Å²) >= 11 is 0.